The van der Waals surface area contributed by atoms with Crippen molar-refractivity contribution in [1.29, 1.82) is 0 Å². The third-order valence-electron chi connectivity index (χ3n) is 3.78. The fourth-order valence-electron chi connectivity index (χ4n) is 2.40. The second-order valence-electron chi connectivity index (χ2n) is 5.29. The Balaban J connectivity index is 2.09. The number of nitrogens with zero attached hydrogens (tertiary/aromatic N) is 1. The van der Waals surface area contributed by atoms with Crippen LogP contribution in [0.3, 0.4) is 0 Å². The summed E-state index contributed by atoms with van der Waals surface area (Å²) >= 11 is 0. The molecule has 0 fully saturated rings. The van der Waals surface area contributed by atoms with E-state index in [1.54, 1.807) is 28.4 Å². The molecule has 0 radical (unpaired) electrons. The highest BCUT2D eigenvalue weighted by molar-refractivity contribution is 6.01. The molecule has 0 spiro atoms. The maximum Gasteiger partial charge on any atom is 0.161 e. The molecule has 2 aromatic rings. The topological polar surface area (TPSA) is 61.3 Å². The minimum absolute atomic E-state index is 0.566. The molecular formula is C19H24N2O4. The molecule has 0 aromatic heterocycles. The number of ether oxygens (including phenoxy) is 4. The summed E-state index contributed by atoms with van der Waals surface area (Å²) in [5, 5.41) is 4.43. The number of nitrogens with one attached hydrogen (secondary N) is 1. The number of hydrogen-bond acceptors (Lipinski definition) is 6. The number of methoxy groups -OCH3 is 4. The van der Waals surface area contributed by atoms with Gasteiger partial charge in [-0.2, -0.15) is 5.10 Å². The van der Waals surface area contributed by atoms with Crippen molar-refractivity contribution >= 4 is 5.71 Å². The van der Waals surface area contributed by atoms with E-state index in [-0.39, 0.29) is 0 Å². The smallest absolute Gasteiger partial charge is 0.161 e. The summed E-state index contributed by atoms with van der Waals surface area (Å²) in [6, 6.07) is 11.4. The van der Waals surface area contributed by atoms with Gasteiger partial charge in [-0.3, -0.25) is 0 Å². The first-order chi connectivity index (χ1) is 12.1. The summed E-state index contributed by atoms with van der Waals surface area (Å²) in [4.78, 5) is 0. The lowest BCUT2D eigenvalue weighted by Gasteiger charge is -2.11. The quantitative estimate of drug-likeness (QED) is 0.588. The zero-order chi connectivity index (χ0) is 18.2. The average Bonchev–Trinajstić information content (AvgIpc) is 2.66. The van der Waals surface area contributed by atoms with E-state index in [0.717, 1.165) is 22.6 Å². The van der Waals surface area contributed by atoms with Crippen LogP contribution in [0.5, 0.6) is 23.0 Å². The summed E-state index contributed by atoms with van der Waals surface area (Å²) < 4.78 is 21.2. The van der Waals surface area contributed by atoms with Gasteiger partial charge in [0.25, 0.3) is 0 Å². The molecule has 0 aliphatic heterocycles. The zero-order valence-electron chi connectivity index (χ0n) is 15.3. The molecule has 1 N–H and O–H groups in total. The molecule has 0 saturated heterocycles. The molecule has 0 amide bonds. The Hall–Kier alpha value is -2.89. The van der Waals surface area contributed by atoms with Gasteiger partial charge in [0, 0.05) is 11.6 Å². The standard InChI is InChI=1S/C19H24N2O4/c1-13(16-8-7-15(22-2)11-18(16)24-4)21-20-12-14-6-9-17(23-3)19(10-14)25-5/h6-11,20H,12H2,1-5H3/b21-13+. The average molecular weight is 344 g/mol. The highest BCUT2D eigenvalue weighted by atomic mass is 16.5. The van der Waals surface area contributed by atoms with Crippen molar-refractivity contribution in [3.63, 3.8) is 0 Å². The van der Waals surface area contributed by atoms with Gasteiger partial charge < -0.3 is 24.4 Å². The first-order valence-electron chi connectivity index (χ1n) is 7.83. The molecule has 2 aromatic carbocycles. The highest BCUT2D eigenvalue weighted by Crippen LogP contribution is 2.27. The molecule has 0 bridgehead atoms. The fraction of sp³-hybridized carbons (Fsp3) is 0.316. The third-order valence-corrected chi connectivity index (χ3v) is 3.78. The van der Waals surface area contributed by atoms with Crippen LogP contribution in [0.15, 0.2) is 41.5 Å². The first kappa shape index (κ1) is 18.4. The molecule has 2 rings (SSSR count). The number of rotatable bonds is 8. The van der Waals surface area contributed by atoms with Crippen LogP contribution in [0.2, 0.25) is 0 Å². The van der Waals surface area contributed by atoms with Gasteiger partial charge in [0.05, 0.1) is 40.7 Å². The van der Waals surface area contributed by atoms with Crippen molar-refractivity contribution in [3.8, 4) is 23.0 Å². The summed E-state index contributed by atoms with van der Waals surface area (Å²) in [5.74, 6) is 2.86. The lowest BCUT2D eigenvalue weighted by Crippen LogP contribution is -2.10. The third kappa shape index (κ3) is 4.56. The van der Waals surface area contributed by atoms with Crippen LogP contribution < -0.4 is 24.4 Å². The van der Waals surface area contributed by atoms with E-state index in [9.17, 15) is 0 Å². The van der Waals surface area contributed by atoms with Crippen LogP contribution in [0, 0.1) is 0 Å². The molecule has 25 heavy (non-hydrogen) atoms. The molecule has 0 aliphatic rings. The Labute approximate surface area is 148 Å². The predicted molar refractivity (Wildman–Crippen MR) is 98.1 cm³/mol. The Morgan fingerprint density at radius 1 is 0.840 bits per heavy atom. The Bertz CT molecular complexity index is 744. The minimum atomic E-state index is 0.566. The van der Waals surface area contributed by atoms with Gasteiger partial charge in [0.1, 0.15) is 11.5 Å². The molecule has 0 heterocycles. The van der Waals surface area contributed by atoms with E-state index in [1.807, 2.05) is 43.3 Å². The van der Waals surface area contributed by atoms with Crippen molar-refractivity contribution < 1.29 is 18.9 Å². The number of benzene rings is 2. The van der Waals surface area contributed by atoms with Crippen LogP contribution >= 0.6 is 0 Å². The Kier molecular flexibility index (Phi) is 6.51. The van der Waals surface area contributed by atoms with Gasteiger partial charge in [-0.15, -0.1) is 0 Å². The molecule has 6 nitrogen and oxygen atoms in total. The predicted octanol–water partition coefficient (Wildman–Crippen LogP) is 3.23. The largest absolute Gasteiger partial charge is 0.497 e. The summed E-state index contributed by atoms with van der Waals surface area (Å²) in [5.41, 5.74) is 5.84. The lowest BCUT2D eigenvalue weighted by atomic mass is 10.1. The Morgan fingerprint density at radius 2 is 1.56 bits per heavy atom. The number of hydrazone groups is 1. The van der Waals surface area contributed by atoms with Gasteiger partial charge in [-0.05, 0) is 36.8 Å². The summed E-state index contributed by atoms with van der Waals surface area (Å²) in [7, 11) is 6.49. The van der Waals surface area contributed by atoms with E-state index >= 15 is 0 Å². The van der Waals surface area contributed by atoms with Crippen molar-refractivity contribution in [2.75, 3.05) is 28.4 Å². The summed E-state index contributed by atoms with van der Waals surface area (Å²) in [6.45, 7) is 2.49. The monoisotopic (exact) mass is 344 g/mol. The molecule has 0 aliphatic carbocycles. The SMILES string of the molecule is COc1ccc(/C(C)=N/NCc2ccc(OC)c(OC)c2)c(OC)c1. The zero-order valence-corrected chi connectivity index (χ0v) is 15.3. The van der Waals surface area contributed by atoms with Crippen molar-refractivity contribution in [2.24, 2.45) is 5.10 Å². The van der Waals surface area contributed by atoms with Gasteiger partial charge in [-0.1, -0.05) is 6.07 Å². The van der Waals surface area contributed by atoms with Gasteiger partial charge in [-0.25, -0.2) is 0 Å². The highest BCUT2D eigenvalue weighted by Gasteiger charge is 2.08. The van der Waals surface area contributed by atoms with E-state index < -0.39 is 0 Å². The fourth-order valence-corrected chi connectivity index (χ4v) is 2.40. The van der Waals surface area contributed by atoms with Crippen LogP contribution in [0.1, 0.15) is 18.1 Å². The van der Waals surface area contributed by atoms with Crippen LogP contribution in [-0.2, 0) is 6.54 Å². The van der Waals surface area contributed by atoms with E-state index in [4.69, 9.17) is 18.9 Å². The van der Waals surface area contributed by atoms with Crippen molar-refractivity contribution in [2.45, 2.75) is 13.5 Å². The second kappa shape index (κ2) is 8.82. The van der Waals surface area contributed by atoms with Gasteiger partial charge >= 0.3 is 0 Å². The Morgan fingerprint density at radius 3 is 2.20 bits per heavy atom. The van der Waals surface area contributed by atoms with Crippen LogP contribution in [-0.4, -0.2) is 34.2 Å². The first-order valence-corrected chi connectivity index (χ1v) is 7.83. The molecule has 0 unspecified atom stereocenters. The summed E-state index contributed by atoms with van der Waals surface area (Å²) in [6.07, 6.45) is 0. The van der Waals surface area contributed by atoms with Crippen molar-refractivity contribution in [1.82, 2.24) is 5.43 Å². The minimum Gasteiger partial charge on any atom is -0.497 e. The maximum absolute atomic E-state index is 5.41. The maximum atomic E-state index is 5.41. The second-order valence-corrected chi connectivity index (χ2v) is 5.29. The van der Waals surface area contributed by atoms with Crippen LogP contribution in [0.4, 0.5) is 0 Å². The normalized spacial score (nSPS) is 11.0. The molecular weight excluding hydrogens is 320 g/mol. The van der Waals surface area contributed by atoms with Crippen LogP contribution in [0.25, 0.3) is 0 Å². The number of hydrogen-bond donors (Lipinski definition) is 1. The van der Waals surface area contributed by atoms with E-state index in [1.165, 1.54) is 0 Å². The van der Waals surface area contributed by atoms with E-state index in [0.29, 0.717) is 23.8 Å². The molecule has 6 heteroatoms. The lowest BCUT2D eigenvalue weighted by molar-refractivity contribution is 0.354. The van der Waals surface area contributed by atoms with Gasteiger partial charge in [0.15, 0.2) is 11.5 Å². The molecule has 0 saturated carbocycles. The van der Waals surface area contributed by atoms with Gasteiger partial charge in [0.2, 0.25) is 0 Å². The van der Waals surface area contributed by atoms with E-state index in [2.05, 4.69) is 10.5 Å². The van der Waals surface area contributed by atoms with Crippen molar-refractivity contribution in [3.05, 3.63) is 47.5 Å². The molecule has 134 valence electrons. The molecule has 0 atom stereocenters.